The van der Waals surface area contributed by atoms with Gasteiger partial charge in [-0.25, -0.2) is 4.79 Å². The topological polar surface area (TPSA) is 49.3 Å². The van der Waals surface area contributed by atoms with Crippen LogP contribution in [-0.4, -0.2) is 11.1 Å². The van der Waals surface area contributed by atoms with Gasteiger partial charge in [-0.2, -0.15) is 0 Å². The molecule has 2 rings (SSSR count). The minimum absolute atomic E-state index is 0.0413. The average Bonchev–Trinajstić information content (AvgIpc) is 2.37. The van der Waals surface area contributed by atoms with Crippen molar-refractivity contribution in [2.24, 2.45) is 0 Å². The molecule has 2 aromatic rings. The van der Waals surface area contributed by atoms with E-state index in [2.05, 4.69) is 32.2 Å². The minimum atomic E-state index is -0.894. The summed E-state index contributed by atoms with van der Waals surface area (Å²) in [5, 5.41) is 12.5. The van der Waals surface area contributed by atoms with Crippen LogP contribution in [0.4, 0.5) is 11.4 Å². The van der Waals surface area contributed by atoms with Gasteiger partial charge >= 0.3 is 5.97 Å². The Hall–Kier alpha value is -2.29. The van der Waals surface area contributed by atoms with Gasteiger partial charge in [-0.3, -0.25) is 0 Å². The van der Waals surface area contributed by atoms with Crippen molar-refractivity contribution in [3.05, 3.63) is 59.2 Å². The Balaban J connectivity index is 2.35. The van der Waals surface area contributed by atoms with Gasteiger partial charge in [0.1, 0.15) is 0 Å². The summed E-state index contributed by atoms with van der Waals surface area (Å²) in [6, 6.07) is 13.5. The third-order valence-electron chi connectivity index (χ3n) is 3.47. The number of benzene rings is 2. The number of carboxylic acids is 1. The predicted octanol–water partition coefficient (Wildman–Crippen LogP) is 4.73. The van der Waals surface area contributed by atoms with Gasteiger partial charge in [0.15, 0.2) is 0 Å². The van der Waals surface area contributed by atoms with E-state index in [1.165, 1.54) is 5.56 Å². The molecule has 0 heterocycles. The van der Waals surface area contributed by atoms with Crippen molar-refractivity contribution >= 4 is 17.3 Å². The highest BCUT2D eigenvalue weighted by Crippen LogP contribution is 2.31. The molecule has 0 spiro atoms. The zero-order chi connectivity index (χ0) is 15.6. The number of aryl methyl sites for hydroxylation is 1. The number of hydrogen-bond donors (Lipinski definition) is 2. The summed E-state index contributed by atoms with van der Waals surface area (Å²) in [5.74, 6) is -0.894. The molecule has 0 atom stereocenters. The van der Waals surface area contributed by atoms with Crippen LogP contribution in [0.5, 0.6) is 0 Å². The summed E-state index contributed by atoms with van der Waals surface area (Å²) in [4.78, 5) is 11.1. The number of hydrogen-bond acceptors (Lipinski definition) is 2. The third-order valence-corrected chi connectivity index (χ3v) is 3.47. The Morgan fingerprint density at radius 3 is 2.33 bits per heavy atom. The van der Waals surface area contributed by atoms with Gasteiger partial charge in [-0.15, -0.1) is 0 Å². The molecule has 0 bridgehead atoms. The molecule has 2 aromatic carbocycles. The van der Waals surface area contributed by atoms with Crippen molar-refractivity contribution in [2.45, 2.75) is 33.1 Å². The van der Waals surface area contributed by atoms with Gasteiger partial charge in [0.05, 0.1) is 5.56 Å². The number of carboxylic acid groups (broad SMARTS) is 1. The highest BCUT2D eigenvalue weighted by molar-refractivity contribution is 5.90. The van der Waals surface area contributed by atoms with Crippen LogP contribution in [0.15, 0.2) is 42.5 Å². The van der Waals surface area contributed by atoms with Crippen molar-refractivity contribution < 1.29 is 9.90 Å². The average molecular weight is 283 g/mol. The molecule has 3 heteroatoms. The number of anilines is 2. The van der Waals surface area contributed by atoms with Crippen molar-refractivity contribution in [1.29, 1.82) is 0 Å². The minimum Gasteiger partial charge on any atom is -0.478 e. The van der Waals surface area contributed by atoms with E-state index in [1.807, 2.05) is 31.2 Å². The van der Waals surface area contributed by atoms with Gasteiger partial charge in [0, 0.05) is 11.4 Å². The lowest BCUT2D eigenvalue weighted by atomic mass is 9.86. The number of aromatic carboxylic acids is 1. The van der Waals surface area contributed by atoms with E-state index in [9.17, 15) is 4.79 Å². The van der Waals surface area contributed by atoms with Crippen molar-refractivity contribution in [2.75, 3.05) is 5.32 Å². The zero-order valence-corrected chi connectivity index (χ0v) is 12.9. The highest BCUT2D eigenvalue weighted by Gasteiger charge is 2.17. The van der Waals surface area contributed by atoms with E-state index < -0.39 is 5.97 Å². The molecule has 21 heavy (non-hydrogen) atoms. The Bertz CT molecular complexity index is 669. The molecule has 0 amide bonds. The molecular weight excluding hydrogens is 262 g/mol. The van der Waals surface area contributed by atoms with Gasteiger partial charge < -0.3 is 10.4 Å². The van der Waals surface area contributed by atoms with E-state index in [1.54, 1.807) is 12.1 Å². The first-order chi connectivity index (χ1) is 9.79. The van der Waals surface area contributed by atoms with Crippen LogP contribution in [0, 0.1) is 6.92 Å². The molecule has 0 aliphatic heterocycles. The fraction of sp³-hybridized carbons (Fsp3) is 0.278. The third kappa shape index (κ3) is 3.43. The Morgan fingerprint density at radius 2 is 1.76 bits per heavy atom. The second-order valence-corrected chi connectivity index (χ2v) is 6.26. The maximum atomic E-state index is 11.1. The lowest BCUT2D eigenvalue weighted by molar-refractivity contribution is 0.0696. The van der Waals surface area contributed by atoms with Crippen LogP contribution in [0.2, 0.25) is 0 Å². The fourth-order valence-electron chi connectivity index (χ4n) is 2.38. The molecule has 0 aliphatic rings. The van der Waals surface area contributed by atoms with Gasteiger partial charge in [-0.05, 0) is 47.7 Å². The number of nitrogens with one attached hydrogen (secondary N) is 1. The predicted molar refractivity (Wildman–Crippen MR) is 86.6 cm³/mol. The quantitative estimate of drug-likeness (QED) is 0.855. The van der Waals surface area contributed by atoms with Crippen LogP contribution in [0.1, 0.15) is 42.3 Å². The molecule has 2 N–H and O–H groups in total. The normalized spacial score (nSPS) is 11.2. The molecule has 0 aromatic heterocycles. The number of rotatable bonds is 3. The van der Waals surface area contributed by atoms with E-state index in [-0.39, 0.29) is 5.41 Å². The van der Waals surface area contributed by atoms with Crippen molar-refractivity contribution in [1.82, 2.24) is 0 Å². The lowest BCUT2D eigenvalue weighted by Crippen LogP contribution is -2.13. The van der Waals surface area contributed by atoms with Crippen LogP contribution in [0.3, 0.4) is 0 Å². The standard InChI is InChI=1S/C18H21NO2/c1-12-11-13(9-10-14(12)17(20)21)19-16-8-6-5-7-15(16)18(2,3)4/h5-11,19H,1-4H3,(H,20,21). The van der Waals surface area contributed by atoms with Crippen LogP contribution in [0.25, 0.3) is 0 Å². The number of para-hydroxylation sites is 1. The molecule has 0 aliphatic carbocycles. The van der Waals surface area contributed by atoms with Gasteiger partial charge in [0.25, 0.3) is 0 Å². The van der Waals surface area contributed by atoms with E-state index in [0.29, 0.717) is 5.56 Å². The number of carbonyl (C=O) groups is 1. The summed E-state index contributed by atoms with van der Waals surface area (Å²) in [6.45, 7) is 8.33. The van der Waals surface area contributed by atoms with Crippen LogP contribution < -0.4 is 5.32 Å². The molecule has 0 saturated carbocycles. The fourth-order valence-corrected chi connectivity index (χ4v) is 2.38. The molecular formula is C18H21NO2. The second kappa shape index (κ2) is 5.60. The summed E-state index contributed by atoms with van der Waals surface area (Å²) in [6.07, 6.45) is 0. The Kier molecular flexibility index (Phi) is 4.03. The second-order valence-electron chi connectivity index (χ2n) is 6.26. The Labute approximate surface area is 125 Å². The molecule has 0 fully saturated rings. The van der Waals surface area contributed by atoms with Crippen LogP contribution in [-0.2, 0) is 5.41 Å². The first-order valence-electron chi connectivity index (χ1n) is 6.99. The summed E-state index contributed by atoms with van der Waals surface area (Å²) in [7, 11) is 0. The highest BCUT2D eigenvalue weighted by atomic mass is 16.4. The smallest absolute Gasteiger partial charge is 0.335 e. The SMILES string of the molecule is Cc1cc(Nc2ccccc2C(C)(C)C)ccc1C(=O)O. The monoisotopic (exact) mass is 283 g/mol. The van der Waals surface area contributed by atoms with Crippen molar-refractivity contribution in [3.63, 3.8) is 0 Å². The summed E-state index contributed by atoms with van der Waals surface area (Å²) >= 11 is 0. The molecule has 0 radical (unpaired) electrons. The van der Waals surface area contributed by atoms with E-state index in [4.69, 9.17) is 5.11 Å². The first-order valence-corrected chi connectivity index (χ1v) is 6.99. The first kappa shape index (κ1) is 15.1. The molecule has 110 valence electrons. The summed E-state index contributed by atoms with van der Waals surface area (Å²) in [5.41, 5.74) is 4.30. The Morgan fingerprint density at radius 1 is 1.10 bits per heavy atom. The van der Waals surface area contributed by atoms with Crippen molar-refractivity contribution in [3.8, 4) is 0 Å². The van der Waals surface area contributed by atoms with E-state index >= 15 is 0 Å². The summed E-state index contributed by atoms with van der Waals surface area (Å²) < 4.78 is 0. The van der Waals surface area contributed by atoms with Gasteiger partial charge in [-0.1, -0.05) is 39.0 Å². The molecule has 0 saturated heterocycles. The van der Waals surface area contributed by atoms with Gasteiger partial charge in [0.2, 0.25) is 0 Å². The maximum Gasteiger partial charge on any atom is 0.335 e. The zero-order valence-electron chi connectivity index (χ0n) is 12.9. The maximum absolute atomic E-state index is 11.1. The molecule has 3 nitrogen and oxygen atoms in total. The largest absolute Gasteiger partial charge is 0.478 e. The van der Waals surface area contributed by atoms with E-state index in [0.717, 1.165) is 16.9 Å². The lowest BCUT2D eigenvalue weighted by Gasteiger charge is -2.23. The molecule has 0 unspecified atom stereocenters. The van der Waals surface area contributed by atoms with Crippen LogP contribution >= 0.6 is 0 Å².